The van der Waals surface area contributed by atoms with Gasteiger partial charge < -0.3 is 5.32 Å². The third-order valence-corrected chi connectivity index (χ3v) is 3.26. The number of anilines is 1. The van der Waals surface area contributed by atoms with Crippen molar-refractivity contribution in [2.75, 3.05) is 5.32 Å². The Morgan fingerprint density at radius 2 is 2.31 bits per heavy atom. The number of halogens is 1. The lowest BCUT2D eigenvalue weighted by Gasteiger charge is -2.22. The van der Waals surface area contributed by atoms with Crippen molar-refractivity contribution in [2.45, 2.75) is 32.2 Å². The molecular weight excluding hydrogens is 182 g/mol. The smallest absolute Gasteiger partial charge is 0.0459 e. The van der Waals surface area contributed by atoms with Crippen molar-refractivity contribution in [3.05, 3.63) is 28.8 Å². The van der Waals surface area contributed by atoms with Crippen molar-refractivity contribution in [3.63, 3.8) is 0 Å². The van der Waals surface area contributed by atoms with Crippen LogP contribution in [0.25, 0.3) is 0 Å². The van der Waals surface area contributed by atoms with Crippen LogP contribution >= 0.6 is 11.6 Å². The average Bonchev–Trinajstić information content (AvgIpc) is 2.45. The maximum atomic E-state index is 6.11. The summed E-state index contributed by atoms with van der Waals surface area (Å²) in [5, 5.41) is 4.41. The minimum Gasteiger partial charge on any atom is -0.379 e. The van der Waals surface area contributed by atoms with E-state index in [1.54, 1.807) is 0 Å². The molecule has 1 unspecified atom stereocenters. The summed E-state index contributed by atoms with van der Waals surface area (Å²) < 4.78 is 0. The van der Waals surface area contributed by atoms with Crippen LogP contribution in [0.4, 0.5) is 5.69 Å². The average molecular weight is 196 g/mol. The fourth-order valence-electron chi connectivity index (χ4n) is 1.83. The summed E-state index contributed by atoms with van der Waals surface area (Å²) in [7, 11) is 0. The maximum absolute atomic E-state index is 6.11. The molecule has 1 aromatic rings. The molecular formula is C11H14ClN. The van der Waals surface area contributed by atoms with Crippen LogP contribution in [0.2, 0.25) is 5.02 Å². The molecule has 2 rings (SSSR count). The second-order valence-electron chi connectivity index (χ2n) is 3.98. The van der Waals surface area contributed by atoms with Gasteiger partial charge in [0, 0.05) is 16.2 Å². The van der Waals surface area contributed by atoms with Gasteiger partial charge in [-0.2, -0.15) is 0 Å². The summed E-state index contributed by atoms with van der Waals surface area (Å²) >= 11 is 6.11. The highest BCUT2D eigenvalue weighted by Gasteiger charge is 2.31. The molecule has 0 fully saturated rings. The maximum Gasteiger partial charge on any atom is 0.0459 e. The molecule has 0 saturated heterocycles. The van der Waals surface area contributed by atoms with Gasteiger partial charge in [0.25, 0.3) is 0 Å². The molecule has 1 aliphatic heterocycles. The third kappa shape index (κ3) is 1.42. The molecule has 0 aromatic heterocycles. The van der Waals surface area contributed by atoms with Gasteiger partial charge in [-0.25, -0.2) is 0 Å². The molecule has 1 aliphatic rings. The highest BCUT2D eigenvalue weighted by Crippen LogP contribution is 2.37. The number of nitrogens with one attached hydrogen (secondary N) is 1. The Kier molecular flexibility index (Phi) is 1.99. The van der Waals surface area contributed by atoms with E-state index in [0.717, 1.165) is 17.9 Å². The van der Waals surface area contributed by atoms with Crippen LogP contribution in [0, 0.1) is 0 Å². The van der Waals surface area contributed by atoms with E-state index in [2.05, 4.69) is 25.2 Å². The van der Waals surface area contributed by atoms with E-state index >= 15 is 0 Å². The van der Waals surface area contributed by atoms with Gasteiger partial charge >= 0.3 is 0 Å². The third-order valence-electron chi connectivity index (χ3n) is 2.90. The predicted molar refractivity (Wildman–Crippen MR) is 57.5 cm³/mol. The summed E-state index contributed by atoms with van der Waals surface area (Å²) in [6.45, 7) is 4.44. The molecule has 1 heterocycles. The Morgan fingerprint density at radius 3 is 2.92 bits per heavy atom. The first-order valence-electron chi connectivity index (χ1n) is 4.70. The molecule has 1 aromatic carbocycles. The molecule has 0 amide bonds. The zero-order valence-electron chi connectivity index (χ0n) is 8.02. The van der Waals surface area contributed by atoms with Gasteiger partial charge in [-0.05, 0) is 37.5 Å². The number of hydrogen-bond donors (Lipinski definition) is 1. The highest BCUT2D eigenvalue weighted by molar-refractivity contribution is 6.31. The minimum atomic E-state index is 0.202. The zero-order chi connectivity index (χ0) is 9.47. The fraction of sp³-hybridized carbons (Fsp3) is 0.455. The van der Waals surface area contributed by atoms with Crippen LogP contribution in [-0.2, 0) is 6.42 Å². The lowest BCUT2D eigenvalue weighted by molar-refractivity contribution is 0.515. The van der Waals surface area contributed by atoms with Crippen molar-refractivity contribution < 1.29 is 0 Å². The molecule has 0 aliphatic carbocycles. The van der Waals surface area contributed by atoms with Gasteiger partial charge in [-0.1, -0.05) is 24.6 Å². The lowest BCUT2D eigenvalue weighted by atomic mass is 9.95. The summed E-state index contributed by atoms with van der Waals surface area (Å²) in [6.07, 6.45) is 2.16. The molecule has 0 spiro atoms. The summed E-state index contributed by atoms with van der Waals surface area (Å²) in [5.74, 6) is 0. The second kappa shape index (κ2) is 2.91. The predicted octanol–water partition coefficient (Wildman–Crippen LogP) is 3.48. The van der Waals surface area contributed by atoms with Gasteiger partial charge in [-0.3, -0.25) is 0 Å². The Morgan fingerprint density at radius 1 is 1.54 bits per heavy atom. The first-order chi connectivity index (χ1) is 6.14. The number of hydrogen-bond acceptors (Lipinski definition) is 1. The Hall–Kier alpha value is -0.690. The number of rotatable bonds is 1. The fourth-order valence-corrected chi connectivity index (χ4v) is 2.07. The summed E-state index contributed by atoms with van der Waals surface area (Å²) in [6, 6.07) is 6.06. The quantitative estimate of drug-likeness (QED) is 0.724. The lowest BCUT2D eigenvalue weighted by Crippen LogP contribution is -2.30. The van der Waals surface area contributed by atoms with Gasteiger partial charge in [0.05, 0.1) is 0 Å². The van der Waals surface area contributed by atoms with Crippen LogP contribution in [0.1, 0.15) is 25.8 Å². The Balaban J connectivity index is 2.40. The van der Waals surface area contributed by atoms with E-state index in [1.165, 1.54) is 11.3 Å². The van der Waals surface area contributed by atoms with Crippen molar-refractivity contribution in [3.8, 4) is 0 Å². The van der Waals surface area contributed by atoms with Gasteiger partial charge in [0.2, 0.25) is 0 Å². The van der Waals surface area contributed by atoms with E-state index in [9.17, 15) is 0 Å². The van der Waals surface area contributed by atoms with Crippen molar-refractivity contribution in [1.82, 2.24) is 0 Å². The molecule has 0 radical (unpaired) electrons. The molecule has 0 bridgehead atoms. The monoisotopic (exact) mass is 195 g/mol. The van der Waals surface area contributed by atoms with E-state index in [0.29, 0.717) is 0 Å². The molecule has 0 saturated carbocycles. The van der Waals surface area contributed by atoms with E-state index < -0.39 is 0 Å². The topological polar surface area (TPSA) is 12.0 Å². The summed E-state index contributed by atoms with van der Waals surface area (Å²) in [4.78, 5) is 0. The Bertz CT molecular complexity index is 335. The molecule has 2 heteroatoms. The molecule has 1 nitrogen and oxygen atoms in total. The van der Waals surface area contributed by atoms with E-state index in [-0.39, 0.29) is 5.54 Å². The van der Waals surface area contributed by atoms with Crippen LogP contribution in [0.3, 0.4) is 0 Å². The van der Waals surface area contributed by atoms with Crippen molar-refractivity contribution in [1.29, 1.82) is 0 Å². The highest BCUT2D eigenvalue weighted by atomic mass is 35.5. The van der Waals surface area contributed by atoms with Gasteiger partial charge in [0.1, 0.15) is 0 Å². The first-order valence-corrected chi connectivity index (χ1v) is 5.08. The standard InChI is InChI=1S/C11H14ClN/c1-3-11(2)7-8-9(12)5-4-6-10(8)13-11/h4-6,13H,3,7H2,1-2H3. The molecule has 13 heavy (non-hydrogen) atoms. The minimum absolute atomic E-state index is 0.202. The van der Waals surface area contributed by atoms with E-state index in [1.807, 2.05) is 12.1 Å². The zero-order valence-corrected chi connectivity index (χ0v) is 8.78. The SMILES string of the molecule is CCC1(C)Cc2c(Cl)cccc2N1. The first kappa shape index (κ1) is 8.89. The molecule has 1 atom stereocenters. The summed E-state index contributed by atoms with van der Waals surface area (Å²) in [5.41, 5.74) is 2.68. The number of benzene rings is 1. The van der Waals surface area contributed by atoms with Crippen LogP contribution in [0.15, 0.2) is 18.2 Å². The largest absolute Gasteiger partial charge is 0.379 e. The van der Waals surface area contributed by atoms with Crippen molar-refractivity contribution >= 4 is 17.3 Å². The van der Waals surface area contributed by atoms with Crippen LogP contribution in [-0.4, -0.2) is 5.54 Å². The van der Waals surface area contributed by atoms with Gasteiger partial charge in [-0.15, -0.1) is 0 Å². The molecule has 70 valence electrons. The Labute approximate surface area is 84.1 Å². The van der Waals surface area contributed by atoms with Crippen LogP contribution < -0.4 is 5.32 Å². The van der Waals surface area contributed by atoms with Crippen LogP contribution in [0.5, 0.6) is 0 Å². The van der Waals surface area contributed by atoms with E-state index in [4.69, 9.17) is 11.6 Å². The number of fused-ring (bicyclic) bond motifs is 1. The van der Waals surface area contributed by atoms with Crippen molar-refractivity contribution in [2.24, 2.45) is 0 Å². The normalized spacial score (nSPS) is 25.5. The second-order valence-corrected chi connectivity index (χ2v) is 4.39. The molecule has 1 N–H and O–H groups in total. The van der Waals surface area contributed by atoms with Gasteiger partial charge in [0.15, 0.2) is 0 Å².